The molecule has 0 bridgehead atoms. The molecule has 0 saturated carbocycles. The van der Waals surface area contributed by atoms with Gasteiger partial charge in [0, 0.05) is 0 Å². The van der Waals surface area contributed by atoms with Crippen molar-refractivity contribution in [3.8, 4) is 0 Å². The van der Waals surface area contributed by atoms with Crippen LogP contribution in [-0.4, -0.2) is 5.49 Å². The summed E-state index contributed by atoms with van der Waals surface area (Å²) in [6, 6.07) is 0. The van der Waals surface area contributed by atoms with Gasteiger partial charge in [0.1, 0.15) is 0 Å². The summed E-state index contributed by atoms with van der Waals surface area (Å²) in [5, 5.41) is 0. The van der Waals surface area contributed by atoms with Crippen LogP contribution in [0.3, 0.4) is 0 Å². The maximum absolute atomic E-state index is 4.54. The molecule has 0 saturated heterocycles. The lowest BCUT2D eigenvalue weighted by Gasteiger charge is -1.36. The highest BCUT2D eigenvalue weighted by molar-refractivity contribution is 7.78. The number of hydrogen-bond donors (Lipinski definition) is 1. The maximum Gasteiger partial charge on any atom is 0.0588 e. The highest BCUT2D eigenvalue weighted by Crippen LogP contribution is 1.16. The fraction of sp³-hybridized carbons (Fsp3) is 0. The molecule has 0 amide bonds. The first-order chi connectivity index (χ1) is 1.41. The van der Waals surface area contributed by atoms with Gasteiger partial charge in [-0.2, -0.15) is 0 Å². The Morgan fingerprint density at radius 1 is 1.75 bits per heavy atom. The Morgan fingerprint density at radius 3 is 1.75 bits per heavy atom. The molecule has 2 N–H and O–H groups in total. The molecular formula is CH4FNS. The van der Waals surface area contributed by atoms with Crippen molar-refractivity contribution in [2.24, 2.45) is 5.73 Å². The smallest absolute Gasteiger partial charge is 0.0588 e. The Hall–Kier alpha value is -0.180. The number of nitrogens with two attached hydrogens (primary N) is 1. The molecule has 0 aliphatic rings. The van der Waals surface area contributed by atoms with Crippen LogP contribution in [0.15, 0.2) is 0 Å². The van der Waals surface area contributed by atoms with Gasteiger partial charge in [0.25, 0.3) is 0 Å². The van der Waals surface area contributed by atoms with E-state index in [4.69, 9.17) is 0 Å². The molecular weight excluding hydrogens is 77.1 g/mol. The number of thiocarbonyl (C=S) groups is 1. The van der Waals surface area contributed by atoms with E-state index in [2.05, 4.69) is 18.0 Å². The van der Waals surface area contributed by atoms with Crippen molar-refractivity contribution in [1.82, 2.24) is 0 Å². The first-order valence-corrected chi connectivity index (χ1v) is 1.04. The molecule has 0 spiro atoms. The van der Waals surface area contributed by atoms with Crippen molar-refractivity contribution < 1.29 is 4.70 Å². The van der Waals surface area contributed by atoms with Gasteiger partial charge in [-0.15, -0.1) is 0 Å². The Balaban J connectivity index is 0. The number of rotatable bonds is 0. The summed E-state index contributed by atoms with van der Waals surface area (Å²) in [4.78, 5) is 0. The zero-order valence-electron chi connectivity index (χ0n) is 1.97. The van der Waals surface area contributed by atoms with Crippen LogP contribution in [0.1, 0.15) is 0 Å². The molecule has 0 heterocycles. The van der Waals surface area contributed by atoms with Crippen molar-refractivity contribution >= 4 is 17.7 Å². The van der Waals surface area contributed by atoms with Gasteiger partial charge in [-0.1, -0.05) is 12.2 Å². The number of halogens is 1. The average Bonchev–Trinajstić information content (AvgIpc) is 0.918. The summed E-state index contributed by atoms with van der Waals surface area (Å²) in [6.07, 6.45) is 0. The van der Waals surface area contributed by atoms with E-state index in [0.29, 0.717) is 0 Å². The van der Waals surface area contributed by atoms with Crippen molar-refractivity contribution in [3.63, 3.8) is 0 Å². The Kier molecular flexibility index (Phi) is 31.9. The van der Waals surface area contributed by atoms with E-state index >= 15 is 0 Å². The lowest BCUT2D eigenvalue weighted by molar-refractivity contribution is 1.11. The van der Waals surface area contributed by atoms with E-state index in [1.807, 2.05) is 0 Å². The fourth-order valence-corrected chi connectivity index (χ4v) is 0. The second-order valence-electron chi connectivity index (χ2n) is 0.136. The molecule has 3 heteroatoms. The van der Waals surface area contributed by atoms with Crippen LogP contribution in [-0.2, 0) is 0 Å². The van der Waals surface area contributed by atoms with Gasteiger partial charge in [0.15, 0.2) is 0 Å². The summed E-state index contributed by atoms with van der Waals surface area (Å²) >= 11 is 4.05. The van der Waals surface area contributed by atoms with Crippen LogP contribution in [0.4, 0.5) is 4.70 Å². The van der Waals surface area contributed by atoms with Gasteiger partial charge in [-0.05, 0) is 0 Å². The average molecular weight is 81.1 g/mol. The quantitative estimate of drug-likeness (QED) is 0.417. The zero-order valence-corrected chi connectivity index (χ0v) is 2.79. The van der Waals surface area contributed by atoms with E-state index < -0.39 is 0 Å². The molecule has 0 aliphatic heterocycles. The predicted octanol–water partition coefficient (Wildman–Crippen LogP) is 0.0548. The fourth-order valence-electron chi connectivity index (χ4n) is 0. The van der Waals surface area contributed by atoms with Crippen molar-refractivity contribution in [2.45, 2.75) is 0 Å². The normalized spacial score (nSPS) is 3.00. The SMILES string of the molecule is F.NC=S. The van der Waals surface area contributed by atoms with Crippen LogP contribution in [0.5, 0.6) is 0 Å². The van der Waals surface area contributed by atoms with Crippen LogP contribution in [0, 0.1) is 0 Å². The first-order valence-electron chi connectivity index (χ1n) is 0.569. The molecule has 26 valence electrons. The molecule has 0 rings (SSSR count). The summed E-state index contributed by atoms with van der Waals surface area (Å²) in [5.74, 6) is 0. The second kappa shape index (κ2) is 13.9. The van der Waals surface area contributed by atoms with Crippen molar-refractivity contribution in [2.75, 3.05) is 0 Å². The monoisotopic (exact) mass is 81.0 g/mol. The van der Waals surface area contributed by atoms with E-state index in [1.165, 1.54) is 0 Å². The summed E-state index contributed by atoms with van der Waals surface area (Å²) in [6.45, 7) is 0. The van der Waals surface area contributed by atoms with Crippen molar-refractivity contribution in [3.05, 3.63) is 0 Å². The molecule has 0 unspecified atom stereocenters. The standard InChI is InChI=1S/CH3NS.FH/c2-1-3;/h1H,(H2,2,3);1H. The minimum atomic E-state index is 0. The summed E-state index contributed by atoms with van der Waals surface area (Å²) in [5.41, 5.74) is 5.62. The molecule has 1 nitrogen and oxygen atoms in total. The van der Waals surface area contributed by atoms with Crippen LogP contribution < -0.4 is 5.73 Å². The summed E-state index contributed by atoms with van der Waals surface area (Å²) in [7, 11) is 0. The lowest BCUT2D eigenvalue weighted by atomic mass is 11.6. The molecule has 0 aromatic heterocycles. The third-order valence-corrected chi connectivity index (χ3v) is 0. The molecule has 4 heavy (non-hydrogen) atoms. The van der Waals surface area contributed by atoms with Crippen LogP contribution in [0.2, 0.25) is 0 Å². The number of hydrogen-bond acceptors (Lipinski definition) is 1. The summed E-state index contributed by atoms with van der Waals surface area (Å²) < 4.78 is 0. The van der Waals surface area contributed by atoms with E-state index in [1.54, 1.807) is 0 Å². The van der Waals surface area contributed by atoms with E-state index in [0.717, 1.165) is 5.49 Å². The van der Waals surface area contributed by atoms with E-state index in [-0.39, 0.29) is 4.70 Å². The van der Waals surface area contributed by atoms with Gasteiger partial charge in [-0.3, -0.25) is 4.70 Å². The third kappa shape index (κ3) is 37.8. The molecule has 0 radical (unpaired) electrons. The van der Waals surface area contributed by atoms with Crippen LogP contribution in [0.25, 0.3) is 0 Å². The van der Waals surface area contributed by atoms with Gasteiger partial charge in [-0.25, -0.2) is 0 Å². The predicted molar refractivity (Wildman–Crippen MR) is 20.3 cm³/mol. The van der Waals surface area contributed by atoms with Gasteiger partial charge in [0.05, 0.1) is 5.49 Å². The first kappa shape index (κ1) is 9.17. The van der Waals surface area contributed by atoms with Gasteiger partial charge < -0.3 is 5.73 Å². The molecule has 0 fully saturated rings. The molecule has 0 aliphatic carbocycles. The third-order valence-electron chi connectivity index (χ3n) is 0. The Bertz CT molecular complexity index is 15.5. The van der Waals surface area contributed by atoms with Gasteiger partial charge in [0.2, 0.25) is 0 Å². The molecule has 0 atom stereocenters. The second-order valence-corrected chi connectivity index (χ2v) is 0.408. The zero-order chi connectivity index (χ0) is 2.71. The maximum atomic E-state index is 4.54. The van der Waals surface area contributed by atoms with Crippen molar-refractivity contribution in [1.29, 1.82) is 0 Å². The Labute approximate surface area is 29.2 Å². The van der Waals surface area contributed by atoms with Gasteiger partial charge >= 0.3 is 0 Å². The minimum Gasteiger partial charge on any atom is -0.396 e. The Morgan fingerprint density at radius 2 is 1.75 bits per heavy atom. The lowest BCUT2D eigenvalue weighted by Crippen LogP contribution is -1.79. The minimum absolute atomic E-state index is 0. The highest BCUT2D eigenvalue weighted by atomic mass is 32.1. The molecule has 0 aromatic carbocycles. The largest absolute Gasteiger partial charge is 0.396 e. The topological polar surface area (TPSA) is 26.0 Å². The molecule has 0 aromatic rings. The van der Waals surface area contributed by atoms with Crippen LogP contribution >= 0.6 is 12.2 Å². The highest BCUT2D eigenvalue weighted by Gasteiger charge is 1.13. The van der Waals surface area contributed by atoms with E-state index in [9.17, 15) is 0 Å².